The van der Waals surface area contributed by atoms with Gasteiger partial charge in [0.2, 0.25) is 5.91 Å². The molecule has 8 heteroatoms. The molecule has 1 saturated heterocycles. The Kier molecular flexibility index (Phi) is 5.90. The van der Waals surface area contributed by atoms with E-state index < -0.39 is 42.8 Å². The van der Waals surface area contributed by atoms with E-state index >= 15 is 0 Å². The second-order valence-corrected chi connectivity index (χ2v) is 7.00. The molecule has 140 valence electrons. The molecule has 2 heterocycles. The lowest BCUT2D eigenvalue weighted by Gasteiger charge is -2.23. The molecular weight excluding hydrogens is 342 g/mol. The number of likely N-dealkylation sites (tertiary alicyclic amines) is 1. The summed E-state index contributed by atoms with van der Waals surface area (Å²) in [5, 5.41) is 11.5. The number of rotatable bonds is 5. The maximum Gasteiger partial charge on any atom is 0.268 e. The van der Waals surface area contributed by atoms with E-state index in [0.29, 0.717) is 17.9 Å². The van der Waals surface area contributed by atoms with Gasteiger partial charge >= 0.3 is 0 Å². The maximum absolute atomic E-state index is 13.5. The molecule has 0 saturated carbocycles. The molecule has 0 radical (unpaired) electrons. The van der Waals surface area contributed by atoms with Gasteiger partial charge in [0.15, 0.2) is 0 Å². The van der Waals surface area contributed by atoms with Gasteiger partial charge in [-0.25, -0.2) is 8.78 Å². The maximum atomic E-state index is 13.5. The first-order chi connectivity index (χ1) is 12.1. The van der Waals surface area contributed by atoms with E-state index in [4.69, 9.17) is 5.26 Å². The highest BCUT2D eigenvalue weighted by Gasteiger charge is 2.48. The van der Waals surface area contributed by atoms with E-state index in [1.54, 1.807) is 12.1 Å². The Morgan fingerprint density at radius 1 is 1.46 bits per heavy atom. The quantitative estimate of drug-likeness (QED) is 0.867. The van der Waals surface area contributed by atoms with Gasteiger partial charge in [0, 0.05) is 23.9 Å². The molecule has 0 unspecified atom stereocenters. The molecule has 0 spiro atoms. The Morgan fingerprint density at radius 2 is 2.15 bits per heavy atom. The zero-order chi connectivity index (χ0) is 19.5. The number of hydrogen-bond donors (Lipinski definition) is 1. The van der Waals surface area contributed by atoms with Gasteiger partial charge in [-0.15, -0.1) is 0 Å². The van der Waals surface area contributed by atoms with Gasteiger partial charge in [0.05, 0.1) is 12.6 Å². The fourth-order valence-corrected chi connectivity index (χ4v) is 2.90. The van der Waals surface area contributed by atoms with Crippen LogP contribution in [-0.2, 0) is 11.2 Å². The highest BCUT2D eigenvalue weighted by atomic mass is 19.3. The number of pyridine rings is 1. The summed E-state index contributed by atoms with van der Waals surface area (Å²) in [6, 6.07) is 2.69. The fraction of sp³-hybridized carbons (Fsp3) is 0.556. The van der Waals surface area contributed by atoms with Gasteiger partial charge in [-0.2, -0.15) is 5.26 Å². The molecule has 0 aromatic carbocycles. The average molecular weight is 364 g/mol. The first kappa shape index (κ1) is 19.8. The van der Waals surface area contributed by atoms with Crippen molar-refractivity contribution in [2.24, 2.45) is 5.92 Å². The highest BCUT2D eigenvalue weighted by molar-refractivity contribution is 5.97. The van der Waals surface area contributed by atoms with Crippen molar-refractivity contribution >= 4 is 11.8 Å². The lowest BCUT2D eigenvalue weighted by molar-refractivity contribution is -0.134. The molecule has 2 rings (SSSR count). The molecule has 2 atom stereocenters. The van der Waals surface area contributed by atoms with Crippen LogP contribution in [0.4, 0.5) is 8.78 Å². The van der Waals surface area contributed by atoms with Crippen LogP contribution >= 0.6 is 0 Å². The van der Waals surface area contributed by atoms with E-state index in [9.17, 15) is 18.4 Å². The second-order valence-electron chi connectivity index (χ2n) is 7.00. The summed E-state index contributed by atoms with van der Waals surface area (Å²) in [5.74, 6) is -3.89. The largest absolute Gasteiger partial charge is 0.341 e. The molecular formula is C18H22F2N4O2. The normalized spacial score (nSPS) is 19.9. The average Bonchev–Trinajstić information content (AvgIpc) is 2.88. The van der Waals surface area contributed by atoms with Gasteiger partial charge in [-0.1, -0.05) is 13.8 Å². The predicted molar refractivity (Wildman–Crippen MR) is 90.4 cm³/mol. The van der Waals surface area contributed by atoms with Crippen LogP contribution in [0.15, 0.2) is 18.3 Å². The van der Waals surface area contributed by atoms with Crippen LogP contribution in [0.2, 0.25) is 0 Å². The first-order valence-corrected chi connectivity index (χ1v) is 8.46. The summed E-state index contributed by atoms with van der Waals surface area (Å²) >= 11 is 0. The van der Waals surface area contributed by atoms with Crippen molar-refractivity contribution in [1.82, 2.24) is 15.2 Å². The summed E-state index contributed by atoms with van der Waals surface area (Å²) in [7, 11) is 0. The monoisotopic (exact) mass is 364 g/mol. The molecule has 1 fully saturated rings. The number of carbonyl (C=O) groups excluding carboxylic acids is 2. The number of aromatic nitrogens is 1. The molecule has 1 aliphatic heterocycles. The van der Waals surface area contributed by atoms with Crippen molar-refractivity contribution in [1.29, 1.82) is 5.26 Å². The van der Waals surface area contributed by atoms with Crippen LogP contribution in [0.25, 0.3) is 0 Å². The van der Waals surface area contributed by atoms with E-state index in [1.807, 2.05) is 13.8 Å². The van der Waals surface area contributed by atoms with Crippen molar-refractivity contribution < 1.29 is 18.4 Å². The van der Waals surface area contributed by atoms with Crippen LogP contribution in [-0.4, -0.2) is 46.2 Å². The van der Waals surface area contributed by atoms with E-state index in [0.717, 1.165) is 10.6 Å². The molecule has 1 aromatic rings. The van der Waals surface area contributed by atoms with E-state index in [-0.39, 0.29) is 0 Å². The van der Waals surface area contributed by atoms with Crippen molar-refractivity contribution in [2.45, 2.75) is 51.6 Å². The minimum atomic E-state index is -3.09. The smallest absolute Gasteiger partial charge is 0.268 e. The van der Waals surface area contributed by atoms with E-state index in [1.165, 1.54) is 19.2 Å². The van der Waals surface area contributed by atoms with Crippen molar-refractivity contribution in [3.8, 4) is 6.07 Å². The van der Waals surface area contributed by atoms with Crippen LogP contribution in [0, 0.1) is 17.2 Å². The molecule has 0 aliphatic carbocycles. The van der Waals surface area contributed by atoms with Gasteiger partial charge in [-0.3, -0.25) is 14.6 Å². The second kappa shape index (κ2) is 7.77. The zero-order valence-electron chi connectivity index (χ0n) is 15.0. The standard InChI is InChI=1S/C18H22F2N4O2/c1-11(2)6-14-7-13(4-5-22-14)16(25)23-12(3)17(26)24-10-18(19,20)8-15(24)9-21/h4-5,7,11-12,15H,6,8,10H2,1-3H3,(H,23,25)/t12-,15-/m0/s1. The van der Waals surface area contributed by atoms with Crippen LogP contribution in [0.3, 0.4) is 0 Å². The minimum absolute atomic E-state index is 0.346. The minimum Gasteiger partial charge on any atom is -0.341 e. The number of nitrogens with one attached hydrogen (secondary N) is 1. The van der Waals surface area contributed by atoms with Gasteiger partial charge in [-0.05, 0) is 31.4 Å². The van der Waals surface area contributed by atoms with Gasteiger partial charge < -0.3 is 10.2 Å². The van der Waals surface area contributed by atoms with Crippen molar-refractivity contribution in [3.63, 3.8) is 0 Å². The van der Waals surface area contributed by atoms with Crippen molar-refractivity contribution in [3.05, 3.63) is 29.6 Å². The first-order valence-electron chi connectivity index (χ1n) is 8.46. The van der Waals surface area contributed by atoms with Crippen molar-refractivity contribution in [2.75, 3.05) is 6.54 Å². The molecule has 6 nitrogen and oxygen atoms in total. The highest BCUT2D eigenvalue weighted by Crippen LogP contribution is 2.32. The summed E-state index contributed by atoms with van der Waals surface area (Å²) in [4.78, 5) is 29.8. The summed E-state index contributed by atoms with van der Waals surface area (Å²) in [6.07, 6.45) is 1.55. The lowest BCUT2D eigenvalue weighted by Crippen LogP contribution is -2.48. The molecule has 1 N–H and O–H groups in total. The lowest BCUT2D eigenvalue weighted by atomic mass is 10.1. The predicted octanol–water partition coefficient (Wildman–Crippen LogP) is 2.16. The van der Waals surface area contributed by atoms with Crippen LogP contribution in [0.1, 0.15) is 43.2 Å². The van der Waals surface area contributed by atoms with Crippen LogP contribution < -0.4 is 5.32 Å². The Balaban J connectivity index is 2.05. The van der Waals surface area contributed by atoms with Gasteiger partial charge in [0.25, 0.3) is 11.8 Å². The third-order valence-corrected chi connectivity index (χ3v) is 4.12. The number of alkyl halides is 2. The molecule has 1 aliphatic rings. The molecule has 0 bridgehead atoms. The summed E-state index contributed by atoms with van der Waals surface area (Å²) < 4.78 is 27.0. The third-order valence-electron chi connectivity index (χ3n) is 4.12. The number of carbonyl (C=O) groups is 2. The Hall–Kier alpha value is -2.56. The third kappa shape index (κ3) is 4.75. The Labute approximate surface area is 151 Å². The molecule has 2 amide bonds. The Morgan fingerprint density at radius 3 is 2.77 bits per heavy atom. The topological polar surface area (TPSA) is 86.1 Å². The van der Waals surface area contributed by atoms with E-state index in [2.05, 4.69) is 10.3 Å². The molecule has 1 aromatic heterocycles. The molecule has 26 heavy (non-hydrogen) atoms. The number of halogens is 2. The Bertz CT molecular complexity index is 730. The number of hydrogen-bond acceptors (Lipinski definition) is 4. The number of nitriles is 1. The zero-order valence-corrected chi connectivity index (χ0v) is 15.0. The summed E-state index contributed by atoms with van der Waals surface area (Å²) in [6.45, 7) is 4.68. The SMILES string of the molecule is CC(C)Cc1cc(C(=O)N[C@@H](C)C(=O)N2CC(F)(F)C[C@H]2C#N)ccn1. The number of amides is 2. The number of nitrogens with zero attached hydrogens (tertiary/aromatic N) is 3. The van der Waals surface area contributed by atoms with Gasteiger partial charge in [0.1, 0.15) is 12.1 Å². The summed E-state index contributed by atoms with van der Waals surface area (Å²) in [5.41, 5.74) is 1.11. The van der Waals surface area contributed by atoms with Crippen LogP contribution in [0.5, 0.6) is 0 Å². The fourth-order valence-electron chi connectivity index (χ4n) is 2.90.